The minimum atomic E-state index is -1.40. The van der Waals surface area contributed by atoms with Gasteiger partial charge < -0.3 is 20.0 Å². The molecule has 0 atom stereocenters. The summed E-state index contributed by atoms with van der Waals surface area (Å²) < 4.78 is 5.56. The van der Waals surface area contributed by atoms with Crippen LogP contribution in [0.4, 0.5) is 5.13 Å². The molecule has 1 heterocycles. The normalized spacial score (nSPS) is 11.1. The summed E-state index contributed by atoms with van der Waals surface area (Å²) in [6.45, 7) is -0.601. The van der Waals surface area contributed by atoms with Crippen molar-refractivity contribution in [3.8, 4) is 0 Å². The molecule has 1 amide bonds. The fraction of sp³-hybridized carbons (Fsp3) is 0.0952. The zero-order chi connectivity index (χ0) is 22.1. The maximum absolute atomic E-state index is 12.4. The monoisotopic (exact) mass is 439 g/mol. The van der Waals surface area contributed by atoms with Crippen LogP contribution in [0.2, 0.25) is 0 Å². The lowest BCUT2D eigenvalue weighted by molar-refractivity contribution is -0.153. The Morgan fingerprint density at radius 2 is 1.71 bits per heavy atom. The Labute approximate surface area is 181 Å². The summed E-state index contributed by atoms with van der Waals surface area (Å²) in [5.74, 6) is -2.13. The number of nitrogens with zero attached hydrogens (tertiary/aromatic N) is 2. The number of carboxylic acid groups (broad SMARTS) is 1. The van der Waals surface area contributed by atoms with Crippen LogP contribution in [0.1, 0.15) is 22.9 Å². The molecule has 3 rings (SSSR count). The molecule has 0 aliphatic heterocycles. The van der Waals surface area contributed by atoms with E-state index >= 15 is 0 Å². The number of aromatic nitrogens is 1. The van der Waals surface area contributed by atoms with E-state index in [-0.39, 0.29) is 10.8 Å². The van der Waals surface area contributed by atoms with Crippen LogP contribution < -0.4 is 5.32 Å². The predicted molar refractivity (Wildman–Crippen MR) is 113 cm³/mol. The first-order valence-corrected chi connectivity index (χ1v) is 9.85. The molecule has 158 valence electrons. The number of nitrogens with one attached hydrogen (secondary N) is 1. The molecule has 0 aliphatic carbocycles. The number of aliphatic carboxylic acids is 1. The van der Waals surface area contributed by atoms with E-state index in [2.05, 4.69) is 15.5 Å². The second kappa shape index (κ2) is 10.6. The summed E-state index contributed by atoms with van der Waals surface area (Å²) in [5, 5.41) is 16.7. The highest BCUT2D eigenvalue weighted by molar-refractivity contribution is 7.14. The smallest absolute Gasteiger partial charge is 0.360 e. The summed E-state index contributed by atoms with van der Waals surface area (Å²) in [6.07, 6.45) is -0.236. The topological polar surface area (TPSA) is 127 Å². The highest BCUT2D eigenvalue weighted by atomic mass is 32.1. The molecule has 2 aromatic carbocycles. The molecule has 1 aromatic heterocycles. The van der Waals surface area contributed by atoms with E-state index in [0.717, 1.165) is 22.5 Å². The van der Waals surface area contributed by atoms with Gasteiger partial charge in [0, 0.05) is 5.38 Å². The summed E-state index contributed by atoms with van der Waals surface area (Å²) in [5.41, 5.74) is 1.02. The molecule has 0 saturated carbocycles. The van der Waals surface area contributed by atoms with Gasteiger partial charge in [-0.25, -0.2) is 14.6 Å². The molecule has 0 bridgehead atoms. The first kappa shape index (κ1) is 21.7. The molecule has 0 saturated heterocycles. The van der Waals surface area contributed by atoms with Crippen LogP contribution in [0.5, 0.6) is 0 Å². The molecule has 2 N–H and O–H groups in total. The van der Waals surface area contributed by atoms with Crippen molar-refractivity contribution in [2.24, 2.45) is 5.16 Å². The van der Waals surface area contributed by atoms with E-state index in [4.69, 9.17) is 9.57 Å². The third kappa shape index (κ3) is 5.97. The van der Waals surface area contributed by atoms with Crippen molar-refractivity contribution in [1.82, 2.24) is 4.98 Å². The largest absolute Gasteiger partial charge is 0.476 e. The summed E-state index contributed by atoms with van der Waals surface area (Å²) in [4.78, 5) is 43.1. The maximum atomic E-state index is 12.4. The summed E-state index contributed by atoms with van der Waals surface area (Å²) in [7, 11) is 0. The Morgan fingerprint density at radius 3 is 2.26 bits per heavy atom. The number of rotatable bonds is 10. The number of hydrogen-bond acceptors (Lipinski definition) is 8. The zero-order valence-corrected chi connectivity index (χ0v) is 16.8. The van der Waals surface area contributed by atoms with Crippen LogP contribution >= 0.6 is 11.3 Å². The minimum Gasteiger partial charge on any atom is -0.476 e. The number of anilines is 1. The molecule has 0 unspecified atom stereocenters. The molecule has 0 fully saturated rings. The van der Waals surface area contributed by atoms with Gasteiger partial charge in [0.05, 0.1) is 0 Å². The number of amides is 1. The predicted octanol–water partition coefficient (Wildman–Crippen LogP) is 2.85. The van der Waals surface area contributed by atoms with Crippen LogP contribution in [0, 0.1) is 0 Å². The molecule has 0 aliphatic rings. The van der Waals surface area contributed by atoms with Gasteiger partial charge in [-0.15, -0.1) is 11.3 Å². The third-order valence-corrected chi connectivity index (χ3v) is 4.70. The first-order chi connectivity index (χ1) is 15.1. The van der Waals surface area contributed by atoms with E-state index in [1.807, 2.05) is 60.7 Å². The lowest BCUT2D eigenvalue weighted by Gasteiger charge is -2.18. The SMILES string of the molecule is O=CNc1nc(/C(=N\OCC(=O)OC(c2ccccc2)c2ccccc2)C(=O)O)cs1. The van der Waals surface area contributed by atoms with Crippen molar-refractivity contribution in [1.29, 1.82) is 0 Å². The Balaban J connectivity index is 1.69. The molecule has 9 nitrogen and oxygen atoms in total. The second-order valence-corrected chi connectivity index (χ2v) is 6.87. The standard InChI is InChI=1S/C21H17N3O6S/c25-13-22-21-23-16(12-31-21)18(20(27)28)24-29-11-17(26)30-19(14-7-3-1-4-8-14)15-9-5-2-6-10-15/h1-10,12-13,19H,11H2,(H,27,28)(H,22,23,25)/b24-18+. The Morgan fingerprint density at radius 1 is 1.10 bits per heavy atom. The zero-order valence-electron chi connectivity index (χ0n) is 16.0. The quantitative estimate of drug-likeness (QED) is 0.215. The van der Waals surface area contributed by atoms with Crippen molar-refractivity contribution in [3.05, 3.63) is 82.9 Å². The maximum Gasteiger partial charge on any atom is 0.360 e. The number of hydrogen-bond donors (Lipinski definition) is 2. The Kier molecular flexibility index (Phi) is 7.44. The average Bonchev–Trinajstić information content (AvgIpc) is 3.24. The Bertz CT molecular complexity index is 1030. The number of oxime groups is 1. The van der Waals surface area contributed by atoms with Gasteiger partial charge in [0.25, 0.3) is 0 Å². The van der Waals surface area contributed by atoms with E-state index in [9.17, 15) is 19.5 Å². The lowest BCUT2D eigenvalue weighted by Crippen LogP contribution is -2.19. The number of carbonyl (C=O) groups excluding carboxylic acids is 2. The molecule has 0 radical (unpaired) electrons. The number of carbonyl (C=O) groups is 3. The highest BCUT2D eigenvalue weighted by Gasteiger charge is 2.21. The van der Waals surface area contributed by atoms with Gasteiger partial charge in [-0.3, -0.25) is 4.79 Å². The van der Waals surface area contributed by atoms with E-state index in [1.165, 1.54) is 5.38 Å². The van der Waals surface area contributed by atoms with Gasteiger partial charge >= 0.3 is 11.9 Å². The lowest BCUT2D eigenvalue weighted by atomic mass is 10.0. The van der Waals surface area contributed by atoms with E-state index < -0.39 is 30.4 Å². The van der Waals surface area contributed by atoms with Crippen molar-refractivity contribution < 1.29 is 29.1 Å². The number of ether oxygens (including phenoxy) is 1. The highest BCUT2D eigenvalue weighted by Crippen LogP contribution is 2.26. The molecular weight excluding hydrogens is 422 g/mol. The average molecular weight is 439 g/mol. The molecule has 3 aromatic rings. The van der Waals surface area contributed by atoms with Crippen LogP contribution in [-0.4, -0.2) is 40.8 Å². The van der Waals surface area contributed by atoms with Crippen molar-refractivity contribution >= 4 is 40.5 Å². The molecule has 0 spiro atoms. The second-order valence-electron chi connectivity index (χ2n) is 6.01. The molecular formula is C21H17N3O6S. The van der Waals surface area contributed by atoms with Crippen LogP contribution in [0.25, 0.3) is 0 Å². The fourth-order valence-electron chi connectivity index (χ4n) is 2.59. The number of esters is 1. The number of benzene rings is 2. The van der Waals surface area contributed by atoms with E-state index in [1.54, 1.807) is 0 Å². The van der Waals surface area contributed by atoms with Crippen LogP contribution in [0.3, 0.4) is 0 Å². The Hall–Kier alpha value is -4.05. The van der Waals surface area contributed by atoms with Crippen molar-refractivity contribution in [2.45, 2.75) is 6.10 Å². The van der Waals surface area contributed by atoms with Gasteiger partial charge in [-0.05, 0) is 11.1 Å². The van der Waals surface area contributed by atoms with Crippen molar-refractivity contribution in [2.75, 3.05) is 11.9 Å². The minimum absolute atomic E-state index is 0.0123. The molecule has 10 heteroatoms. The van der Waals surface area contributed by atoms with Crippen molar-refractivity contribution in [3.63, 3.8) is 0 Å². The number of carboxylic acids is 1. The summed E-state index contributed by atoms with van der Waals surface area (Å²) >= 11 is 1.02. The number of thiazole rings is 1. The summed E-state index contributed by atoms with van der Waals surface area (Å²) in [6, 6.07) is 18.4. The third-order valence-electron chi connectivity index (χ3n) is 3.92. The van der Waals surface area contributed by atoms with Gasteiger partial charge in [0.15, 0.2) is 11.2 Å². The van der Waals surface area contributed by atoms with Crippen LogP contribution in [-0.2, 0) is 24.0 Å². The van der Waals surface area contributed by atoms with E-state index in [0.29, 0.717) is 6.41 Å². The van der Waals surface area contributed by atoms with Crippen LogP contribution in [0.15, 0.2) is 71.2 Å². The molecule has 31 heavy (non-hydrogen) atoms. The van der Waals surface area contributed by atoms with Gasteiger partial charge in [0.1, 0.15) is 5.69 Å². The van der Waals surface area contributed by atoms with Gasteiger partial charge in [0.2, 0.25) is 18.7 Å². The fourth-order valence-corrected chi connectivity index (χ4v) is 3.25. The van der Waals surface area contributed by atoms with Gasteiger partial charge in [-0.1, -0.05) is 65.8 Å². The van der Waals surface area contributed by atoms with Gasteiger partial charge in [-0.2, -0.15) is 0 Å². The first-order valence-electron chi connectivity index (χ1n) is 8.97.